The smallest absolute Gasteiger partial charge is 0.339 e. The van der Waals surface area contributed by atoms with Crippen LogP contribution in [0.1, 0.15) is 62.8 Å². The number of aryl methyl sites for hydroxylation is 2. The lowest BCUT2D eigenvalue weighted by molar-refractivity contribution is -0.142. The highest BCUT2D eigenvalue weighted by molar-refractivity contribution is 6.20. The molecule has 2 heterocycles. The molecule has 0 amide bonds. The van der Waals surface area contributed by atoms with Crippen molar-refractivity contribution in [1.29, 1.82) is 0 Å². The van der Waals surface area contributed by atoms with Gasteiger partial charge in [0.25, 0.3) is 5.56 Å². The zero-order valence-electron chi connectivity index (χ0n) is 19.0. The summed E-state index contributed by atoms with van der Waals surface area (Å²) in [7, 11) is 1.64. The number of esters is 1. The maximum atomic E-state index is 13.0. The van der Waals surface area contributed by atoms with E-state index in [0.29, 0.717) is 34.4 Å². The topological polar surface area (TPSA) is 94.6 Å². The minimum atomic E-state index is -1.57. The van der Waals surface area contributed by atoms with Gasteiger partial charge in [-0.2, -0.15) is 0 Å². The third kappa shape index (κ3) is 4.35. The summed E-state index contributed by atoms with van der Waals surface area (Å²) in [6.07, 6.45) is 1.67. The number of carbonyl (C=O) groups is 1. The van der Waals surface area contributed by atoms with Crippen LogP contribution in [0.5, 0.6) is 0 Å². The molecule has 0 spiro atoms. The number of fused-ring (bicyclic) bond motifs is 1. The molecule has 0 fully saturated rings. The summed E-state index contributed by atoms with van der Waals surface area (Å²) < 4.78 is 12.1. The first kappa shape index (κ1) is 22.6. The minimum absolute atomic E-state index is 0.162. The number of hydrogen-bond donors (Lipinski definition) is 1. The molecule has 0 saturated heterocycles. The van der Waals surface area contributed by atoms with Crippen molar-refractivity contribution in [3.63, 3.8) is 0 Å². The van der Waals surface area contributed by atoms with Crippen LogP contribution in [0, 0.1) is 24.7 Å². The molecule has 3 rings (SSSR count). The largest absolute Gasteiger partial charge is 0.459 e. The first-order valence-corrected chi connectivity index (χ1v) is 10.2. The Hall–Kier alpha value is -3.11. The van der Waals surface area contributed by atoms with Crippen LogP contribution in [0.4, 0.5) is 0 Å². The summed E-state index contributed by atoms with van der Waals surface area (Å²) in [5.74, 6) is 6.02. The van der Waals surface area contributed by atoms with Crippen molar-refractivity contribution in [2.45, 2.75) is 59.7 Å². The van der Waals surface area contributed by atoms with Crippen LogP contribution in [0.2, 0.25) is 0 Å². The summed E-state index contributed by atoms with van der Waals surface area (Å²) in [4.78, 5) is 25.7. The fourth-order valence-corrected chi connectivity index (χ4v) is 3.40. The average Bonchev–Trinajstić information content (AvgIpc) is 3.27. The summed E-state index contributed by atoms with van der Waals surface area (Å²) in [6, 6.07) is 1.61. The van der Waals surface area contributed by atoms with E-state index >= 15 is 0 Å². The van der Waals surface area contributed by atoms with Crippen molar-refractivity contribution in [1.82, 2.24) is 9.72 Å². The number of pyridine rings is 1. The Morgan fingerprint density at radius 2 is 2.03 bits per heavy atom. The summed E-state index contributed by atoms with van der Waals surface area (Å²) >= 11 is 0. The molecule has 7 heteroatoms. The van der Waals surface area contributed by atoms with Gasteiger partial charge in [-0.15, -0.1) is 0 Å². The highest BCUT2D eigenvalue weighted by Crippen LogP contribution is 2.34. The van der Waals surface area contributed by atoms with Gasteiger partial charge in [0.1, 0.15) is 17.6 Å². The quantitative estimate of drug-likeness (QED) is 0.599. The van der Waals surface area contributed by atoms with Crippen LogP contribution in [0.3, 0.4) is 0 Å². The minimum Gasteiger partial charge on any atom is -0.459 e. The van der Waals surface area contributed by atoms with E-state index in [4.69, 9.17) is 9.26 Å². The van der Waals surface area contributed by atoms with E-state index in [1.165, 1.54) is 11.5 Å². The van der Waals surface area contributed by atoms with Gasteiger partial charge in [-0.05, 0) is 33.6 Å². The summed E-state index contributed by atoms with van der Waals surface area (Å²) in [6.45, 7) is 10.9. The van der Waals surface area contributed by atoms with Gasteiger partial charge >= 0.3 is 5.97 Å². The molecule has 1 aliphatic rings. The van der Waals surface area contributed by atoms with E-state index in [1.807, 2.05) is 27.7 Å². The monoisotopic (exact) mass is 424 g/mol. The van der Waals surface area contributed by atoms with Gasteiger partial charge in [0, 0.05) is 42.4 Å². The van der Waals surface area contributed by atoms with Gasteiger partial charge in [0.2, 0.25) is 0 Å². The molecule has 1 aliphatic carbocycles. The number of hydrogen-bond acceptors (Lipinski definition) is 6. The van der Waals surface area contributed by atoms with Crippen LogP contribution < -0.4 is 5.56 Å². The van der Waals surface area contributed by atoms with Crippen LogP contribution in [0.15, 0.2) is 27.2 Å². The first-order chi connectivity index (χ1) is 14.4. The second kappa shape index (κ2) is 8.20. The molecule has 2 aromatic rings. The maximum Gasteiger partial charge on any atom is 0.339 e. The molecule has 1 N–H and O–H groups in total. The second-order valence-electron chi connectivity index (χ2n) is 8.64. The lowest BCUT2D eigenvalue weighted by Gasteiger charge is -2.18. The molecule has 2 aromatic heterocycles. The number of aromatic nitrogens is 2. The van der Waals surface area contributed by atoms with E-state index in [1.54, 1.807) is 26.2 Å². The lowest BCUT2D eigenvalue weighted by Crippen LogP contribution is -2.24. The number of ether oxygens (including phenoxy) is 1. The Labute approximate surface area is 181 Å². The normalized spacial score (nSPS) is 15.9. The van der Waals surface area contributed by atoms with Crippen LogP contribution >= 0.6 is 0 Å². The molecule has 2 atom stereocenters. The second-order valence-corrected chi connectivity index (χ2v) is 8.64. The molecule has 0 aliphatic heterocycles. The highest BCUT2D eigenvalue weighted by Gasteiger charge is 2.32. The van der Waals surface area contributed by atoms with Crippen molar-refractivity contribution >= 4 is 11.5 Å². The molecule has 1 unspecified atom stereocenters. The molecule has 31 heavy (non-hydrogen) atoms. The van der Waals surface area contributed by atoms with Gasteiger partial charge < -0.3 is 18.9 Å². The third-order valence-electron chi connectivity index (χ3n) is 5.59. The molecular formula is C24H28N2O5. The fraction of sp³-hybridized carbons (Fsp3) is 0.458. The van der Waals surface area contributed by atoms with E-state index in [0.717, 1.165) is 5.57 Å². The Balaban J connectivity index is 2.10. The summed E-state index contributed by atoms with van der Waals surface area (Å²) in [5, 5.41) is 14.6. The molecule has 0 bridgehead atoms. The molecule has 0 radical (unpaired) electrons. The number of carbonyl (C=O) groups excluding carboxylic acids is 1. The third-order valence-corrected chi connectivity index (χ3v) is 5.59. The van der Waals surface area contributed by atoms with E-state index < -0.39 is 11.6 Å². The highest BCUT2D eigenvalue weighted by atomic mass is 16.5. The van der Waals surface area contributed by atoms with Crippen LogP contribution in [0.25, 0.3) is 5.57 Å². The Morgan fingerprint density at radius 3 is 2.61 bits per heavy atom. The van der Waals surface area contributed by atoms with E-state index in [-0.39, 0.29) is 23.3 Å². The van der Waals surface area contributed by atoms with Crippen molar-refractivity contribution in [2.75, 3.05) is 0 Å². The van der Waals surface area contributed by atoms with Crippen molar-refractivity contribution < 1.29 is 19.2 Å². The average molecular weight is 424 g/mol. The van der Waals surface area contributed by atoms with Gasteiger partial charge in [-0.1, -0.05) is 36.4 Å². The molecular weight excluding hydrogens is 396 g/mol. The number of aliphatic hydroxyl groups is 1. The number of nitrogens with zero attached hydrogens (tertiary/aromatic N) is 2. The van der Waals surface area contributed by atoms with Gasteiger partial charge in [-0.25, -0.2) is 4.79 Å². The first-order valence-electron chi connectivity index (χ1n) is 10.2. The van der Waals surface area contributed by atoms with Crippen LogP contribution in [-0.4, -0.2) is 26.9 Å². The summed E-state index contributed by atoms with van der Waals surface area (Å²) in [5.41, 5.74) is 1.15. The lowest BCUT2D eigenvalue weighted by atomic mass is 9.98. The maximum absolute atomic E-state index is 13.0. The van der Waals surface area contributed by atoms with E-state index in [2.05, 4.69) is 17.0 Å². The zero-order chi connectivity index (χ0) is 23.1. The van der Waals surface area contributed by atoms with Gasteiger partial charge in [0.05, 0.1) is 5.57 Å². The van der Waals surface area contributed by atoms with Crippen molar-refractivity contribution in [3.8, 4) is 11.8 Å². The van der Waals surface area contributed by atoms with Crippen LogP contribution in [-0.2, 0) is 28.6 Å². The number of rotatable bonds is 4. The molecule has 0 aromatic carbocycles. The van der Waals surface area contributed by atoms with Gasteiger partial charge in [-0.3, -0.25) is 4.79 Å². The predicted octanol–water partition coefficient (Wildman–Crippen LogP) is 2.86. The zero-order valence-corrected chi connectivity index (χ0v) is 19.0. The standard InChI is InChI=1S/C24H28N2O5/c1-13(2)16(5)30-23(28)20-14(3)10-18-21(20)17(12-26(7)22(18)27)8-9-24(6,29)19-11-15(4)31-25-19/h11-13,16,29H,10H2,1-7H3/t16?,24-/m1/s1. The number of allylic oxidation sites excluding steroid dienone is 1. The SMILES string of the molecule is CC1=C(C(=O)OC(C)C(C)C)c2c(C#C[C@@](C)(O)c3cc(C)on3)cn(C)c(=O)c2C1. The van der Waals surface area contributed by atoms with Crippen molar-refractivity contribution in [2.24, 2.45) is 13.0 Å². The van der Waals surface area contributed by atoms with Gasteiger partial charge in [0.15, 0.2) is 5.60 Å². The van der Waals surface area contributed by atoms with Crippen molar-refractivity contribution in [3.05, 3.63) is 56.3 Å². The Morgan fingerprint density at radius 1 is 1.35 bits per heavy atom. The van der Waals surface area contributed by atoms with E-state index in [9.17, 15) is 14.7 Å². The Bertz CT molecular complexity index is 1180. The molecule has 0 saturated carbocycles. The fourth-order valence-electron chi connectivity index (χ4n) is 3.40. The Kier molecular flexibility index (Phi) is 5.97. The molecule has 7 nitrogen and oxygen atoms in total. The molecule has 164 valence electrons. The predicted molar refractivity (Wildman–Crippen MR) is 116 cm³/mol.